The van der Waals surface area contributed by atoms with Crippen molar-refractivity contribution in [2.24, 2.45) is 5.10 Å². The lowest BCUT2D eigenvalue weighted by Crippen LogP contribution is -2.19. The average Bonchev–Trinajstić information content (AvgIpc) is 2.93. The number of aromatic nitrogens is 3. The molecule has 3 aromatic rings. The van der Waals surface area contributed by atoms with Gasteiger partial charge >= 0.3 is 0 Å². The van der Waals surface area contributed by atoms with Gasteiger partial charge in [0.15, 0.2) is 5.16 Å². The lowest BCUT2D eigenvalue weighted by Gasteiger charge is -2.11. The van der Waals surface area contributed by atoms with Crippen LogP contribution in [0.15, 0.2) is 45.1 Å². The molecule has 0 aliphatic carbocycles. The Kier molecular flexibility index (Phi) is 7.04. The van der Waals surface area contributed by atoms with Crippen molar-refractivity contribution in [3.05, 3.63) is 69.0 Å². The summed E-state index contributed by atoms with van der Waals surface area (Å²) in [7, 11) is 0. The molecule has 0 saturated heterocycles. The summed E-state index contributed by atoms with van der Waals surface area (Å²) in [6.07, 6.45) is 1.56. The Morgan fingerprint density at radius 2 is 1.90 bits per heavy atom. The summed E-state index contributed by atoms with van der Waals surface area (Å²) in [5.41, 5.74) is 7.17. The van der Waals surface area contributed by atoms with E-state index in [4.69, 9.17) is 0 Å². The fourth-order valence-corrected chi connectivity index (χ4v) is 4.12. The molecule has 0 bridgehead atoms. The third-order valence-corrected chi connectivity index (χ3v) is 5.65. The van der Waals surface area contributed by atoms with E-state index in [-0.39, 0.29) is 17.5 Å². The van der Waals surface area contributed by atoms with Crippen LogP contribution in [0.4, 0.5) is 4.39 Å². The SMILES string of the molecule is Cc1cc(C)nc(SCC(=O)N/N=C\c2cc(C)n(-c3ccc(Br)cc3F)c2C)n1. The van der Waals surface area contributed by atoms with E-state index in [1.807, 2.05) is 44.4 Å². The minimum atomic E-state index is -0.325. The number of aryl methyl sites for hydroxylation is 3. The number of thioether (sulfide) groups is 1. The Morgan fingerprint density at radius 3 is 2.57 bits per heavy atom. The van der Waals surface area contributed by atoms with Gasteiger partial charge in [0, 0.05) is 32.8 Å². The molecule has 2 aromatic heterocycles. The number of hydrogen-bond acceptors (Lipinski definition) is 5. The molecule has 156 valence electrons. The number of nitrogens with one attached hydrogen (secondary N) is 1. The largest absolute Gasteiger partial charge is 0.315 e. The Bertz CT molecular complexity index is 1110. The van der Waals surface area contributed by atoms with E-state index in [1.165, 1.54) is 17.8 Å². The van der Waals surface area contributed by atoms with Crippen molar-refractivity contribution in [2.75, 3.05) is 5.75 Å². The maximum atomic E-state index is 14.4. The normalized spacial score (nSPS) is 11.3. The van der Waals surface area contributed by atoms with Crippen molar-refractivity contribution in [1.82, 2.24) is 20.0 Å². The summed E-state index contributed by atoms with van der Waals surface area (Å²) in [6.45, 7) is 7.55. The first kappa shape index (κ1) is 22.2. The van der Waals surface area contributed by atoms with Gasteiger partial charge in [-0.25, -0.2) is 19.8 Å². The van der Waals surface area contributed by atoms with Gasteiger partial charge < -0.3 is 4.57 Å². The minimum absolute atomic E-state index is 0.156. The zero-order valence-electron chi connectivity index (χ0n) is 17.0. The summed E-state index contributed by atoms with van der Waals surface area (Å²) in [5.74, 6) is -0.427. The third-order valence-electron chi connectivity index (χ3n) is 4.31. The molecule has 1 N–H and O–H groups in total. The van der Waals surface area contributed by atoms with E-state index < -0.39 is 0 Å². The van der Waals surface area contributed by atoms with Gasteiger partial charge in [-0.2, -0.15) is 5.10 Å². The van der Waals surface area contributed by atoms with Crippen LogP contribution in [-0.2, 0) is 4.79 Å². The van der Waals surface area contributed by atoms with Crippen LogP contribution in [0.1, 0.15) is 28.3 Å². The predicted molar refractivity (Wildman–Crippen MR) is 121 cm³/mol. The molecule has 6 nitrogen and oxygen atoms in total. The molecule has 0 fully saturated rings. The van der Waals surface area contributed by atoms with E-state index in [9.17, 15) is 9.18 Å². The van der Waals surface area contributed by atoms with E-state index in [1.54, 1.807) is 18.3 Å². The molecule has 2 heterocycles. The van der Waals surface area contributed by atoms with Gasteiger partial charge in [-0.05, 0) is 58.0 Å². The van der Waals surface area contributed by atoms with Crippen LogP contribution in [0, 0.1) is 33.5 Å². The van der Waals surface area contributed by atoms with Crippen LogP contribution in [0.5, 0.6) is 0 Å². The van der Waals surface area contributed by atoms with Crippen molar-refractivity contribution >= 4 is 39.8 Å². The fourth-order valence-electron chi connectivity index (χ4n) is 3.05. The van der Waals surface area contributed by atoms with Gasteiger partial charge in [0.1, 0.15) is 5.82 Å². The highest BCUT2D eigenvalue weighted by Crippen LogP contribution is 2.24. The Balaban J connectivity index is 1.65. The second-order valence-electron chi connectivity index (χ2n) is 6.77. The van der Waals surface area contributed by atoms with Crippen LogP contribution in [0.25, 0.3) is 5.69 Å². The molecule has 0 saturated carbocycles. The van der Waals surface area contributed by atoms with Gasteiger partial charge in [-0.1, -0.05) is 27.7 Å². The fraction of sp³-hybridized carbons (Fsp3) is 0.238. The topological polar surface area (TPSA) is 72.2 Å². The molecular formula is C21H21BrFN5OS. The van der Waals surface area contributed by atoms with E-state index >= 15 is 0 Å². The summed E-state index contributed by atoms with van der Waals surface area (Å²) in [4.78, 5) is 20.7. The van der Waals surface area contributed by atoms with Gasteiger partial charge in [-0.3, -0.25) is 4.79 Å². The highest BCUT2D eigenvalue weighted by Gasteiger charge is 2.13. The minimum Gasteiger partial charge on any atom is -0.315 e. The van der Waals surface area contributed by atoms with Crippen molar-refractivity contribution in [2.45, 2.75) is 32.9 Å². The Labute approximate surface area is 187 Å². The smallest absolute Gasteiger partial charge is 0.250 e. The van der Waals surface area contributed by atoms with Crippen molar-refractivity contribution in [1.29, 1.82) is 0 Å². The summed E-state index contributed by atoms with van der Waals surface area (Å²) in [5, 5.41) is 4.60. The lowest BCUT2D eigenvalue weighted by atomic mass is 10.2. The van der Waals surface area contributed by atoms with Gasteiger partial charge in [0.05, 0.1) is 17.7 Å². The van der Waals surface area contributed by atoms with Crippen LogP contribution in [0.3, 0.4) is 0 Å². The molecule has 30 heavy (non-hydrogen) atoms. The Morgan fingerprint density at radius 1 is 1.20 bits per heavy atom. The number of hydrogen-bond donors (Lipinski definition) is 1. The first-order valence-corrected chi connectivity index (χ1v) is 10.9. The molecule has 9 heteroatoms. The van der Waals surface area contributed by atoms with Crippen molar-refractivity contribution < 1.29 is 9.18 Å². The zero-order chi connectivity index (χ0) is 21.8. The zero-order valence-corrected chi connectivity index (χ0v) is 19.4. The third kappa shape index (κ3) is 5.34. The maximum Gasteiger partial charge on any atom is 0.250 e. The number of hydrazone groups is 1. The second-order valence-corrected chi connectivity index (χ2v) is 8.63. The predicted octanol–water partition coefficient (Wildman–Crippen LogP) is 4.64. The number of rotatable bonds is 6. The standard InChI is InChI=1S/C21H21BrFN5OS/c1-12-7-13(2)26-21(25-12)30-11-20(29)27-24-10-16-8-14(3)28(15(16)4)19-6-5-17(22)9-18(19)23/h5-10H,11H2,1-4H3,(H,27,29)/b24-10-. The van der Waals surface area contributed by atoms with Crippen molar-refractivity contribution in [3.63, 3.8) is 0 Å². The molecule has 0 aliphatic heterocycles. The number of benzene rings is 1. The molecule has 0 spiro atoms. The highest BCUT2D eigenvalue weighted by molar-refractivity contribution is 9.10. The molecule has 0 radical (unpaired) electrons. The molecule has 3 rings (SSSR count). The molecule has 1 amide bonds. The molecule has 0 unspecified atom stereocenters. The van der Waals surface area contributed by atoms with Gasteiger partial charge in [0.2, 0.25) is 0 Å². The van der Waals surface area contributed by atoms with Crippen LogP contribution in [-0.4, -0.2) is 32.4 Å². The number of carbonyl (C=O) groups excluding carboxylic acids is 1. The van der Waals surface area contributed by atoms with Gasteiger partial charge in [-0.15, -0.1) is 0 Å². The lowest BCUT2D eigenvalue weighted by molar-refractivity contribution is -0.118. The number of halogens is 2. The summed E-state index contributed by atoms with van der Waals surface area (Å²) >= 11 is 4.53. The maximum absolute atomic E-state index is 14.4. The molecule has 1 aromatic carbocycles. The monoisotopic (exact) mass is 489 g/mol. The van der Waals surface area contributed by atoms with Crippen LogP contribution < -0.4 is 5.43 Å². The van der Waals surface area contributed by atoms with E-state index in [0.29, 0.717) is 15.3 Å². The Hall–Kier alpha value is -2.52. The van der Waals surface area contributed by atoms with Crippen LogP contribution >= 0.6 is 27.7 Å². The van der Waals surface area contributed by atoms with E-state index in [0.717, 1.165) is 28.3 Å². The van der Waals surface area contributed by atoms with E-state index in [2.05, 4.69) is 36.4 Å². The highest BCUT2D eigenvalue weighted by atomic mass is 79.9. The summed E-state index contributed by atoms with van der Waals surface area (Å²) < 4.78 is 16.9. The number of carbonyl (C=O) groups is 1. The molecule has 0 aliphatic rings. The summed E-state index contributed by atoms with van der Waals surface area (Å²) in [6, 6.07) is 8.71. The second kappa shape index (κ2) is 9.53. The first-order chi connectivity index (χ1) is 14.2. The van der Waals surface area contributed by atoms with Gasteiger partial charge in [0.25, 0.3) is 5.91 Å². The molecular weight excluding hydrogens is 469 g/mol. The quantitative estimate of drug-likeness (QED) is 0.237. The number of amides is 1. The number of nitrogens with zero attached hydrogens (tertiary/aromatic N) is 4. The van der Waals surface area contributed by atoms with Crippen molar-refractivity contribution in [3.8, 4) is 5.69 Å². The first-order valence-electron chi connectivity index (χ1n) is 9.16. The average molecular weight is 490 g/mol. The van der Waals surface area contributed by atoms with Crippen LogP contribution in [0.2, 0.25) is 0 Å². The molecule has 0 atom stereocenters.